The topological polar surface area (TPSA) is 39.2 Å². The molecule has 2 heterocycles. The Hall–Kier alpha value is -1.72. The van der Waals surface area contributed by atoms with Crippen LogP contribution in [0.5, 0.6) is 11.5 Å². The van der Waals surface area contributed by atoms with Gasteiger partial charge in [0.1, 0.15) is 5.75 Å². The van der Waals surface area contributed by atoms with Gasteiger partial charge in [0, 0.05) is 16.1 Å². The molecule has 0 bridgehead atoms. The Morgan fingerprint density at radius 3 is 2.74 bits per heavy atom. The van der Waals surface area contributed by atoms with Gasteiger partial charge in [-0.15, -0.1) is 11.3 Å². The zero-order valence-corrected chi connectivity index (χ0v) is 12.1. The van der Waals surface area contributed by atoms with Gasteiger partial charge >= 0.3 is 0 Å². The number of hydrogen-bond donors (Lipinski definition) is 0. The number of aldehydes is 1. The van der Waals surface area contributed by atoms with E-state index in [1.165, 1.54) is 11.3 Å². The SMILES string of the molecule is O=Cc1cc2c(Oc3ccc(Br)cc3)cncc2s1. The fourth-order valence-electron chi connectivity index (χ4n) is 1.72. The molecule has 0 spiro atoms. The van der Waals surface area contributed by atoms with Crippen molar-refractivity contribution in [2.24, 2.45) is 0 Å². The summed E-state index contributed by atoms with van der Waals surface area (Å²) in [5, 5.41) is 0.907. The maximum absolute atomic E-state index is 10.8. The number of thiophene rings is 1. The quantitative estimate of drug-likeness (QED) is 0.654. The van der Waals surface area contributed by atoms with Gasteiger partial charge in [0.05, 0.1) is 15.8 Å². The number of carbonyl (C=O) groups excluding carboxylic acids is 1. The minimum absolute atomic E-state index is 0.657. The average Bonchev–Trinajstić information content (AvgIpc) is 2.85. The summed E-state index contributed by atoms with van der Waals surface area (Å²) >= 11 is 4.78. The van der Waals surface area contributed by atoms with Gasteiger partial charge in [-0.25, -0.2) is 0 Å². The zero-order valence-electron chi connectivity index (χ0n) is 9.67. The van der Waals surface area contributed by atoms with E-state index < -0.39 is 0 Å². The normalized spacial score (nSPS) is 10.6. The van der Waals surface area contributed by atoms with Crippen LogP contribution in [-0.2, 0) is 0 Å². The van der Waals surface area contributed by atoms with Crippen LogP contribution in [0.3, 0.4) is 0 Å². The van der Waals surface area contributed by atoms with Crippen LogP contribution < -0.4 is 4.74 Å². The molecule has 19 heavy (non-hydrogen) atoms. The van der Waals surface area contributed by atoms with E-state index in [2.05, 4.69) is 20.9 Å². The van der Waals surface area contributed by atoms with Crippen LogP contribution in [0.4, 0.5) is 0 Å². The number of ether oxygens (including phenoxy) is 1. The average molecular weight is 334 g/mol. The monoisotopic (exact) mass is 333 g/mol. The maximum atomic E-state index is 10.8. The summed E-state index contributed by atoms with van der Waals surface area (Å²) in [6.07, 6.45) is 4.24. The van der Waals surface area contributed by atoms with E-state index in [1.807, 2.05) is 30.3 Å². The lowest BCUT2D eigenvalue weighted by Crippen LogP contribution is -1.85. The third-order valence-electron chi connectivity index (χ3n) is 2.59. The summed E-state index contributed by atoms with van der Waals surface area (Å²) in [6.45, 7) is 0. The molecule has 94 valence electrons. The number of rotatable bonds is 3. The highest BCUT2D eigenvalue weighted by atomic mass is 79.9. The van der Waals surface area contributed by atoms with Gasteiger partial charge in [-0.1, -0.05) is 15.9 Å². The molecule has 0 unspecified atom stereocenters. The van der Waals surface area contributed by atoms with Crippen LogP contribution in [-0.4, -0.2) is 11.3 Å². The number of hydrogen-bond acceptors (Lipinski definition) is 4. The zero-order chi connectivity index (χ0) is 13.2. The van der Waals surface area contributed by atoms with Crippen molar-refractivity contribution in [3.8, 4) is 11.5 Å². The van der Waals surface area contributed by atoms with Crippen molar-refractivity contribution in [3.63, 3.8) is 0 Å². The van der Waals surface area contributed by atoms with Crippen LogP contribution in [0.2, 0.25) is 0 Å². The van der Waals surface area contributed by atoms with E-state index in [0.29, 0.717) is 10.6 Å². The number of benzene rings is 1. The van der Waals surface area contributed by atoms with E-state index in [0.717, 1.165) is 26.6 Å². The first-order chi connectivity index (χ1) is 9.26. The Balaban J connectivity index is 2.02. The number of aromatic nitrogens is 1. The second-order valence-corrected chi connectivity index (χ2v) is 5.90. The number of halogens is 1. The van der Waals surface area contributed by atoms with Crippen LogP contribution in [0, 0.1) is 0 Å². The molecule has 3 aromatic rings. The third-order valence-corrected chi connectivity index (χ3v) is 4.11. The fourth-order valence-corrected chi connectivity index (χ4v) is 2.85. The molecule has 0 atom stereocenters. The maximum Gasteiger partial charge on any atom is 0.160 e. The molecule has 3 rings (SSSR count). The van der Waals surface area contributed by atoms with Crippen molar-refractivity contribution < 1.29 is 9.53 Å². The predicted molar refractivity (Wildman–Crippen MR) is 79.2 cm³/mol. The molecule has 2 aromatic heterocycles. The predicted octanol–water partition coefficient (Wildman–Crippen LogP) is 4.66. The summed E-state index contributed by atoms with van der Waals surface area (Å²) in [7, 11) is 0. The lowest BCUT2D eigenvalue weighted by molar-refractivity contribution is 0.112. The summed E-state index contributed by atoms with van der Waals surface area (Å²) in [4.78, 5) is 15.6. The highest BCUT2D eigenvalue weighted by Gasteiger charge is 2.08. The van der Waals surface area contributed by atoms with Gasteiger partial charge in [-0.3, -0.25) is 9.78 Å². The van der Waals surface area contributed by atoms with Crippen molar-refractivity contribution in [1.82, 2.24) is 4.98 Å². The Bertz CT molecular complexity index is 737. The number of nitrogens with zero attached hydrogens (tertiary/aromatic N) is 1. The standard InChI is InChI=1S/C14H8BrNO2S/c15-9-1-3-10(4-2-9)18-13-6-16-7-14-12(13)5-11(8-17)19-14/h1-8H. The smallest absolute Gasteiger partial charge is 0.160 e. The van der Waals surface area contributed by atoms with Crippen LogP contribution in [0.25, 0.3) is 10.1 Å². The second kappa shape index (κ2) is 5.11. The number of carbonyl (C=O) groups is 1. The molecule has 5 heteroatoms. The van der Waals surface area contributed by atoms with Crippen molar-refractivity contribution in [2.75, 3.05) is 0 Å². The van der Waals surface area contributed by atoms with Crippen molar-refractivity contribution in [1.29, 1.82) is 0 Å². The minimum Gasteiger partial charge on any atom is -0.455 e. The van der Waals surface area contributed by atoms with Gasteiger partial charge in [0.25, 0.3) is 0 Å². The van der Waals surface area contributed by atoms with E-state index in [4.69, 9.17) is 4.74 Å². The lowest BCUT2D eigenvalue weighted by atomic mass is 10.3. The fraction of sp³-hybridized carbons (Fsp3) is 0. The molecule has 0 N–H and O–H groups in total. The summed E-state index contributed by atoms with van der Waals surface area (Å²) in [5.74, 6) is 1.39. The van der Waals surface area contributed by atoms with Gasteiger partial charge in [-0.05, 0) is 30.3 Å². The summed E-state index contributed by atoms with van der Waals surface area (Å²) < 4.78 is 7.75. The minimum atomic E-state index is 0.657. The van der Waals surface area contributed by atoms with Gasteiger partial charge in [0.15, 0.2) is 12.0 Å². The first-order valence-electron chi connectivity index (χ1n) is 5.52. The Morgan fingerprint density at radius 2 is 2.00 bits per heavy atom. The largest absolute Gasteiger partial charge is 0.455 e. The lowest BCUT2D eigenvalue weighted by Gasteiger charge is -2.06. The number of fused-ring (bicyclic) bond motifs is 1. The molecule has 0 aliphatic heterocycles. The van der Waals surface area contributed by atoms with E-state index in [1.54, 1.807) is 12.4 Å². The first kappa shape index (κ1) is 12.3. The van der Waals surface area contributed by atoms with Crippen molar-refractivity contribution >= 4 is 43.6 Å². The molecule has 0 saturated heterocycles. The molecular formula is C14H8BrNO2S. The summed E-state index contributed by atoms with van der Waals surface area (Å²) in [5.41, 5.74) is 0. The van der Waals surface area contributed by atoms with Gasteiger partial charge in [-0.2, -0.15) is 0 Å². The highest BCUT2D eigenvalue weighted by molar-refractivity contribution is 9.10. The molecular weight excluding hydrogens is 326 g/mol. The first-order valence-corrected chi connectivity index (χ1v) is 7.13. The molecule has 0 saturated carbocycles. The van der Waals surface area contributed by atoms with Crippen LogP contribution >= 0.6 is 27.3 Å². The van der Waals surface area contributed by atoms with Crippen molar-refractivity contribution in [2.45, 2.75) is 0 Å². The molecule has 1 aromatic carbocycles. The Kier molecular flexibility index (Phi) is 3.31. The van der Waals surface area contributed by atoms with E-state index >= 15 is 0 Å². The summed E-state index contributed by atoms with van der Waals surface area (Å²) in [6, 6.07) is 9.38. The highest BCUT2D eigenvalue weighted by Crippen LogP contribution is 2.33. The second-order valence-electron chi connectivity index (χ2n) is 3.87. The van der Waals surface area contributed by atoms with Crippen LogP contribution in [0.1, 0.15) is 9.67 Å². The Morgan fingerprint density at radius 1 is 1.21 bits per heavy atom. The molecule has 3 nitrogen and oxygen atoms in total. The third kappa shape index (κ3) is 2.52. The number of pyridine rings is 1. The van der Waals surface area contributed by atoms with E-state index in [9.17, 15) is 4.79 Å². The molecule has 0 aliphatic carbocycles. The van der Waals surface area contributed by atoms with Crippen LogP contribution in [0.15, 0.2) is 47.2 Å². The van der Waals surface area contributed by atoms with Gasteiger partial charge < -0.3 is 4.74 Å². The molecule has 0 aliphatic rings. The molecule has 0 radical (unpaired) electrons. The Labute approximate surface area is 122 Å². The van der Waals surface area contributed by atoms with Gasteiger partial charge in [0.2, 0.25) is 0 Å². The van der Waals surface area contributed by atoms with Crippen molar-refractivity contribution in [3.05, 3.63) is 52.1 Å². The molecule has 0 amide bonds. The molecule has 0 fully saturated rings. The van der Waals surface area contributed by atoms with E-state index in [-0.39, 0.29) is 0 Å².